The van der Waals surface area contributed by atoms with E-state index in [-0.39, 0.29) is 12.7 Å². The normalized spacial score (nSPS) is 15.3. The van der Waals surface area contributed by atoms with Gasteiger partial charge in [-0.2, -0.15) is 4.98 Å². The number of rotatable bonds is 9. The van der Waals surface area contributed by atoms with Crippen LogP contribution in [0.1, 0.15) is 59.9 Å². The summed E-state index contributed by atoms with van der Waals surface area (Å²) in [6.45, 7) is 13.9. The fraction of sp³-hybridized carbons (Fsp3) is 0.531. The van der Waals surface area contributed by atoms with Crippen LogP contribution in [0.15, 0.2) is 18.2 Å². The van der Waals surface area contributed by atoms with Crippen LogP contribution in [0.2, 0.25) is 0 Å². The van der Waals surface area contributed by atoms with Gasteiger partial charge in [-0.15, -0.1) is 0 Å². The molecule has 14 heteroatoms. The number of nitrogens with zero attached hydrogens (tertiary/aromatic N) is 6. The molecule has 2 aliphatic rings. The van der Waals surface area contributed by atoms with Gasteiger partial charge in [0.15, 0.2) is 16.6 Å². The molecule has 0 bridgehead atoms. The van der Waals surface area contributed by atoms with Gasteiger partial charge in [0.2, 0.25) is 5.95 Å². The van der Waals surface area contributed by atoms with Crippen LogP contribution in [0.25, 0.3) is 0 Å². The van der Waals surface area contributed by atoms with Gasteiger partial charge < -0.3 is 28.7 Å². The van der Waals surface area contributed by atoms with Gasteiger partial charge in [0.1, 0.15) is 16.3 Å². The van der Waals surface area contributed by atoms with Crippen LogP contribution in [0.4, 0.5) is 21.7 Å². The summed E-state index contributed by atoms with van der Waals surface area (Å²) in [7, 11) is 3.27. The number of anilines is 3. The lowest BCUT2D eigenvalue weighted by Crippen LogP contribution is -2.50. The number of esters is 1. The van der Waals surface area contributed by atoms with Crippen LogP contribution in [-0.2, 0) is 29.0 Å². The molecule has 0 saturated carbocycles. The quantitative estimate of drug-likeness (QED) is 0.319. The number of ether oxygens (including phenoxy) is 4. The second-order valence-electron chi connectivity index (χ2n) is 12.2. The molecular formula is C32H43N7O6S. The third-order valence-electron chi connectivity index (χ3n) is 7.68. The molecule has 0 aliphatic carbocycles. The lowest BCUT2D eigenvalue weighted by atomic mass is 10.0. The number of aryl methyl sites for hydroxylation is 1. The molecule has 13 nitrogen and oxygen atoms in total. The molecule has 2 aliphatic heterocycles. The topological polar surface area (TPSA) is 131 Å². The van der Waals surface area contributed by atoms with Crippen LogP contribution >= 0.6 is 11.3 Å². The Morgan fingerprint density at radius 2 is 1.74 bits per heavy atom. The Hall–Kier alpha value is -4.17. The monoisotopic (exact) mass is 653 g/mol. The fourth-order valence-corrected chi connectivity index (χ4v) is 6.37. The zero-order valence-corrected chi connectivity index (χ0v) is 28.5. The summed E-state index contributed by atoms with van der Waals surface area (Å²) in [6.07, 6.45) is 0.468. The molecule has 0 atom stereocenters. The molecule has 46 heavy (non-hydrogen) atoms. The Bertz CT molecular complexity index is 1560. The van der Waals surface area contributed by atoms with E-state index in [9.17, 15) is 9.59 Å². The van der Waals surface area contributed by atoms with E-state index in [4.69, 9.17) is 28.9 Å². The van der Waals surface area contributed by atoms with Crippen molar-refractivity contribution in [1.29, 1.82) is 0 Å². The van der Waals surface area contributed by atoms with Gasteiger partial charge in [-0.3, -0.25) is 10.2 Å². The number of amides is 1. The highest BCUT2D eigenvalue weighted by atomic mass is 32.1. The largest absolute Gasteiger partial charge is 0.493 e. The molecule has 0 spiro atoms. The van der Waals surface area contributed by atoms with E-state index in [1.165, 1.54) is 11.3 Å². The number of aromatic nitrogens is 3. The van der Waals surface area contributed by atoms with Crippen LogP contribution in [-0.4, -0.2) is 96.0 Å². The van der Waals surface area contributed by atoms with Crippen molar-refractivity contribution < 1.29 is 28.5 Å². The highest BCUT2D eigenvalue weighted by Crippen LogP contribution is 2.33. The smallest absolute Gasteiger partial charge is 0.410 e. The Morgan fingerprint density at radius 3 is 2.41 bits per heavy atom. The molecule has 0 radical (unpaired) electrons. The zero-order chi connectivity index (χ0) is 33.0. The van der Waals surface area contributed by atoms with Crippen molar-refractivity contribution in [2.45, 2.75) is 59.7 Å². The first kappa shape index (κ1) is 33.2. The number of thiazole rings is 1. The highest BCUT2D eigenvalue weighted by molar-refractivity contribution is 7.17. The van der Waals surface area contributed by atoms with Gasteiger partial charge >= 0.3 is 12.1 Å². The molecule has 5 rings (SSSR count). The van der Waals surface area contributed by atoms with Crippen molar-refractivity contribution in [2.75, 3.05) is 63.8 Å². The molecule has 1 saturated heterocycles. The van der Waals surface area contributed by atoms with Gasteiger partial charge in [-0.25, -0.2) is 19.6 Å². The molecule has 248 valence electrons. The third kappa shape index (κ3) is 7.79. The molecule has 2 aromatic heterocycles. The van der Waals surface area contributed by atoms with Crippen LogP contribution in [0.5, 0.6) is 11.5 Å². The van der Waals surface area contributed by atoms with E-state index in [2.05, 4.69) is 20.1 Å². The predicted octanol–water partition coefficient (Wildman–Crippen LogP) is 4.79. The number of benzene rings is 1. The number of methoxy groups -OCH3 is 2. The molecule has 1 fully saturated rings. The molecule has 1 amide bonds. The predicted molar refractivity (Wildman–Crippen MR) is 176 cm³/mol. The summed E-state index contributed by atoms with van der Waals surface area (Å²) in [4.78, 5) is 46.4. The maximum absolute atomic E-state index is 12.7. The summed E-state index contributed by atoms with van der Waals surface area (Å²) in [5.41, 5.74) is 3.17. The maximum Gasteiger partial charge on any atom is 0.410 e. The van der Waals surface area contributed by atoms with Crippen molar-refractivity contribution in [2.24, 2.45) is 0 Å². The number of nitrogens with one attached hydrogen (secondary N) is 1. The SMILES string of the molecule is CCOC(=O)c1sc(Nc2nc3c(c(N4CCN(C(=O)OC(C)(C)C)CC4)n2)CCN(Cc2ccc(OC)c(OC)c2)C3)nc1C. The molecule has 3 aromatic rings. The lowest BCUT2D eigenvalue weighted by molar-refractivity contribution is 0.0240. The first-order chi connectivity index (χ1) is 22.0. The first-order valence-corrected chi connectivity index (χ1v) is 16.3. The van der Waals surface area contributed by atoms with E-state index in [1.54, 1.807) is 33.0 Å². The van der Waals surface area contributed by atoms with E-state index >= 15 is 0 Å². The molecule has 4 heterocycles. The van der Waals surface area contributed by atoms with Crippen molar-refractivity contribution in [1.82, 2.24) is 24.8 Å². The summed E-state index contributed by atoms with van der Waals surface area (Å²) in [5, 5.41) is 3.77. The Labute approximate surface area is 273 Å². The number of carbonyl (C=O) groups excluding carboxylic acids is 2. The standard InChI is InChI=1S/C32H43N7O6S/c1-8-44-28(40)26-20(2)33-30(46-26)36-29-34-23-19-37(18-21-9-10-24(42-6)25(17-21)43-7)12-11-22(23)27(35-29)38-13-15-39(16-14-38)31(41)45-32(3,4)5/h9-10,17H,8,11-16,18-19H2,1-7H3,(H,33,34,35,36). The summed E-state index contributed by atoms with van der Waals surface area (Å²) in [5.74, 6) is 2.24. The fourth-order valence-electron chi connectivity index (χ4n) is 5.51. The number of piperazine rings is 1. The minimum atomic E-state index is -0.551. The Balaban J connectivity index is 1.40. The summed E-state index contributed by atoms with van der Waals surface area (Å²) >= 11 is 1.22. The summed E-state index contributed by atoms with van der Waals surface area (Å²) < 4.78 is 21.7. The average Bonchev–Trinajstić information content (AvgIpc) is 3.39. The van der Waals surface area contributed by atoms with Crippen LogP contribution < -0.4 is 19.7 Å². The molecule has 0 unspecified atom stereocenters. The third-order valence-corrected chi connectivity index (χ3v) is 8.74. The maximum atomic E-state index is 12.7. The molecule has 1 N–H and O–H groups in total. The zero-order valence-electron chi connectivity index (χ0n) is 27.6. The van der Waals surface area contributed by atoms with Crippen molar-refractivity contribution >= 4 is 40.3 Å². The number of carbonyl (C=O) groups is 2. The average molecular weight is 654 g/mol. The second-order valence-corrected chi connectivity index (χ2v) is 13.2. The minimum Gasteiger partial charge on any atom is -0.493 e. The molecule has 1 aromatic carbocycles. The number of hydrogen-bond donors (Lipinski definition) is 1. The van der Waals surface area contributed by atoms with E-state index in [0.29, 0.717) is 72.4 Å². The van der Waals surface area contributed by atoms with E-state index in [0.717, 1.165) is 35.6 Å². The van der Waals surface area contributed by atoms with Gasteiger partial charge in [0.25, 0.3) is 0 Å². The summed E-state index contributed by atoms with van der Waals surface area (Å²) in [6, 6.07) is 5.97. The Kier molecular flexibility index (Phi) is 10.2. The van der Waals surface area contributed by atoms with E-state index in [1.807, 2.05) is 39.0 Å². The first-order valence-electron chi connectivity index (χ1n) is 15.5. The molecular weight excluding hydrogens is 610 g/mol. The Morgan fingerprint density at radius 1 is 1.00 bits per heavy atom. The van der Waals surface area contributed by atoms with E-state index < -0.39 is 11.6 Å². The van der Waals surface area contributed by atoms with Gasteiger partial charge in [0.05, 0.1) is 32.2 Å². The lowest BCUT2D eigenvalue weighted by Gasteiger charge is -2.38. The van der Waals surface area contributed by atoms with Crippen molar-refractivity contribution in [3.05, 3.63) is 45.6 Å². The van der Waals surface area contributed by atoms with Gasteiger partial charge in [0, 0.05) is 51.4 Å². The number of hydrogen-bond acceptors (Lipinski definition) is 13. The minimum absolute atomic E-state index is 0.289. The van der Waals surface area contributed by atoms with Gasteiger partial charge in [-0.05, 0) is 58.7 Å². The van der Waals surface area contributed by atoms with Crippen LogP contribution in [0.3, 0.4) is 0 Å². The highest BCUT2D eigenvalue weighted by Gasteiger charge is 2.30. The van der Waals surface area contributed by atoms with Gasteiger partial charge in [-0.1, -0.05) is 17.4 Å². The van der Waals surface area contributed by atoms with Crippen molar-refractivity contribution in [3.8, 4) is 11.5 Å². The van der Waals surface area contributed by atoms with Crippen molar-refractivity contribution in [3.63, 3.8) is 0 Å². The number of fused-ring (bicyclic) bond motifs is 1. The van der Waals surface area contributed by atoms with Crippen LogP contribution in [0, 0.1) is 6.92 Å². The second kappa shape index (κ2) is 14.1.